The van der Waals surface area contributed by atoms with Gasteiger partial charge in [0.05, 0.1) is 0 Å². The quantitative estimate of drug-likeness (QED) is 0.498. The Labute approximate surface area is 49.6 Å². The summed E-state index contributed by atoms with van der Waals surface area (Å²) in [7, 11) is 1.62. The Morgan fingerprint density at radius 1 is 1.62 bits per heavy atom. The van der Waals surface area contributed by atoms with Crippen LogP contribution in [0.1, 0.15) is 13.8 Å². The molecule has 2 nitrogen and oxygen atoms in total. The van der Waals surface area contributed by atoms with Crippen LogP contribution in [-0.2, 0) is 4.79 Å². The molecule has 0 heterocycles. The molecular formula is C6H11NO. The summed E-state index contributed by atoms with van der Waals surface area (Å²) in [4.78, 5) is 10.6. The number of carbonyl (C=O) groups is 1. The van der Waals surface area contributed by atoms with Crippen LogP contribution in [0.4, 0.5) is 0 Å². The highest BCUT2D eigenvalue weighted by Gasteiger charge is 1.95. The van der Waals surface area contributed by atoms with Crippen molar-refractivity contribution in [1.29, 1.82) is 0 Å². The van der Waals surface area contributed by atoms with E-state index in [1.54, 1.807) is 20.0 Å². The number of likely N-dealkylation sites (N-methyl/N-ethyl adjacent to an activating group) is 1. The highest BCUT2D eigenvalue weighted by Crippen LogP contribution is 1.88. The van der Waals surface area contributed by atoms with Crippen LogP contribution in [-0.4, -0.2) is 13.0 Å². The van der Waals surface area contributed by atoms with Gasteiger partial charge in [-0.2, -0.15) is 0 Å². The summed E-state index contributed by atoms with van der Waals surface area (Å²) in [5.74, 6) is -0.00694. The van der Waals surface area contributed by atoms with E-state index in [-0.39, 0.29) is 5.91 Å². The standard InChI is InChI=1S/C6H11NO/c1-4-5(2)6(8)7-3/h4H,1-3H3,(H,7,8). The molecule has 8 heavy (non-hydrogen) atoms. The Morgan fingerprint density at radius 3 is 2.25 bits per heavy atom. The van der Waals surface area contributed by atoms with Crippen molar-refractivity contribution < 1.29 is 4.79 Å². The molecule has 0 aliphatic heterocycles. The number of hydrogen-bond donors (Lipinski definition) is 1. The fourth-order valence-electron chi connectivity index (χ4n) is 0.328. The first kappa shape index (κ1) is 7.21. The van der Waals surface area contributed by atoms with Crippen molar-refractivity contribution >= 4 is 5.91 Å². The van der Waals surface area contributed by atoms with E-state index >= 15 is 0 Å². The molecule has 0 atom stereocenters. The van der Waals surface area contributed by atoms with Crippen LogP contribution in [0, 0.1) is 0 Å². The maximum Gasteiger partial charge on any atom is 0.246 e. The second-order valence-electron chi connectivity index (χ2n) is 1.55. The second kappa shape index (κ2) is 3.24. The average molecular weight is 113 g/mol. The first-order valence-electron chi connectivity index (χ1n) is 2.57. The molecule has 1 N–H and O–H groups in total. The van der Waals surface area contributed by atoms with Crippen molar-refractivity contribution in [3.05, 3.63) is 11.6 Å². The van der Waals surface area contributed by atoms with Crippen LogP contribution in [0.5, 0.6) is 0 Å². The smallest absolute Gasteiger partial charge is 0.246 e. The molecule has 46 valence electrons. The van der Waals surface area contributed by atoms with Crippen molar-refractivity contribution in [3.63, 3.8) is 0 Å². The summed E-state index contributed by atoms with van der Waals surface area (Å²) in [6.45, 7) is 3.61. The predicted octanol–water partition coefficient (Wildman–Crippen LogP) is 0.699. The van der Waals surface area contributed by atoms with Gasteiger partial charge in [0.25, 0.3) is 0 Å². The zero-order valence-corrected chi connectivity index (χ0v) is 5.49. The van der Waals surface area contributed by atoms with E-state index < -0.39 is 0 Å². The summed E-state index contributed by atoms with van der Waals surface area (Å²) in [6.07, 6.45) is 1.78. The van der Waals surface area contributed by atoms with Crippen LogP contribution in [0.3, 0.4) is 0 Å². The lowest BCUT2D eigenvalue weighted by molar-refractivity contribution is -0.117. The van der Waals surface area contributed by atoms with Gasteiger partial charge in [0.2, 0.25) is 5.91 Å². The van der Waals surface area contributed by atoms with E-state index in [2.05, 4.69) is 5.32 Å². The third-order valence-electron chi connectivity index (χ3n) is 1.02. The summed E-state index contributed by atoms with van der Waals surface area (Å²) in [5.41, 5.74) is 0.757. The Balaban J connectivity index is 3.83. The number of amides is 1. The van der Waals surface area contributed by atoms with Crippen LogP contribution >= 0.6 is 0 Å². The van der Waals surface area contributed by atoms with Crippen molar-refractivity contribution in [2.45, 2.75) is 13.8 Å². The number of carbonyl (C=O) groups excluding carboxylic acids is 1. The van der Waals surface area contributed by atoms with Gasteiger partial charge in [0.15, 0.2) is 0 Å². The largest absolute Gasteiger partial charge is 0.355 e. The molecule has 0 aromatic carbocycles. The molecule has 0 saturated carbocycles. The van der Waals surface area contributed by atoms with Crippen molar-refractivity contribution in [2.75, 3.05) is 7.05 Å². The summed E-state index contributed by atoms with van der Waals surface area (Å²) in [5, 5.41) is 2.51. The Morgan fingerprint density at radius 2 is 2.12 bits per heavy atom. The van der Waals surface area contributed by atoms with E-state index in [9.17, 15) is 4.79 Å². The van der Waals surface area contributed by atoms with Crippen LogP contribution < -0.4 is 5.32 Å². The fourth-order valence-corrected chi connectivity index (χ4v) is 0.328. The van der Waals surface area contributed by atoms with Crippen LogP contribution in [0.15, 0.2) is 11.6 Å². The molecule has 0 unspecified atom stereocenters. The highest BCUT2D eigenvalue weighted by atomic mass is 16.1. The molecule has 0 spiro atoms. The van der Waals surface area contributed by atoms with E-state index in [1.165, 1.54) is 0 Å². The molecule has 1 amide bonds. The molecule has 0 bridgehead atoms. The lowest BCUT2D eigenvalue weighted by Gasteiger charge is -1.94. The van der Waals surface area contributed by atoms with E-state index in [0.29, 0.717) is 0 Å². The molecule has 0 aliphatic carbocycles. The second-order valence-corrected chi connectivity index (χ2v) is 1.55. The number of nitrogens with one attached hydrogen (secondary N) is 1. The van der Waals surface area contributed by atoms with Gasteiger partial charge < -0.3 is 5.32 Å². The van der Waals surface area contributed by atoms with Crippen LogP contribution in [0.2, 0.25) is 0 Å². The Hall–Kier alpha value is -0.790. The van der Waals surface area contributed by atoms with E-state index in [1.807, 2.05) is 6.92 Å². The minimum atomic E-state index is -0.00694. The molecule has 0 aliphatic rings. The number of rotatable bonds is 1. The van der Waals surface area contributed by atoms with Gasteiger partial charge >= 0.3 is 0 Å². The minimum absolute atomic E-state index is 0.00694. The van der Waals surface area contributed by atoms with Gasteiger partial charge in [-0.05, 0) is 13.8 Å². The lowest BCUT2D eigenvalue weighted by Crippen LogP contribution is -2.18. The van der Waals surface area contributed by atoms with Crippen molar-refractivity contribution in [3.8, 4) is 0 Å². The third kappa shape index (κ3) is 1.78. The molecule has 0 aromatic rings. The van der Waals surface area contributed by atoms with Gasteiger partial charge in [-0.15, -0.1) is 0 Å². The summed E-state index contributed by atoms with van der Waals surface area (Å²) >= 11 is 0. The van der Waals surface area contributed by atoms with Gasteiger partial charge in [0.1, 0.15) is 0 Å². The van der Waals surface area contributed by atoms with E-state index in [4.69, 9.17) is 0 Å². The molecular weight excluding hydrogens is 102 g/mol. The van der Waals surface area contributed by atoms with Gasteiger partial charge in [-0.3, -0.25) is 4.79 Å². The fraction of sp³-hybridized carbons (Fsp3) is 0.500. The number of hydrogen-bond acceptors (Lipinski definition) is 1. The van der Waals surface area contributed by atoms with Crippen LogP contribution in [0.25, 0.3) is 0 Å². The van der Waals surface area contributed by atoms with Gasteiger partial charge in [0, 0.05) is 12.6 Å². The molecule has 0 radical (unpaired) electrons. The maximum absolute atomic E-state index is 10.6. The molecule has 0 saturated heterocycles. The molecule has 0 aromatic heterocycles. The maximum atomic E-state index is 10.6. The Kier molecular flexibility index (Phi) is 2.92. The molecule has 2 heteroatoms. The highest BCUT2D eigenvalue weighted by molar-refractivity contribution is 5.92. The molecule has 0 fully saturated rings. The summed E-state index contributed by atoms with van der Waals surface area (Å²) < 4.78 is 0. The van der Waals surface area contributed by atoms with Gasteiger partial charge in [-0.1, -0.05) is 6.08 Å². The average Bonchev–Trinajstić information content (AvgIpc) is 1.84. The number of allylic oxidation sites excluding steroid dienone is 1. The zero-order chi connectivity index (χ0) is 6.57. The zero-order valence-electron chi connectivity index (χ0n) is 5.49. The SMILES string of the molecule is CC=C(C)C(=O)NC. The van der Waals surface area contributed by atoms with E-state index in [0.717, 1.165) is 5.57 Å². The monoisotopic (exact) mass is 113 g/mol. The normalized spacial score (nSPS) is 11.1. The Bertz CT molecular complexity index is 116. The first-order chi connectivity index (χ1) is 3.72. The first-order valence-corrected chi connectivity index (χ1v) is 2.57. The minimum Gasteiger partial charge on any atom is -0.355 e. The lowest BCUT2D eigenvalue weighted by atomic mass is 10.3. The topological polar surface area (TPSA) is 29.1 Å². The van der Waals surface area contributed by atoms with Crippen molar-refractivity contribution in [1.82, 2.24) is 5.32 Å². The third-order valence-corrected chi connectivity index (χ3v) is 1.02. The van der Waals surface area contributed by atoms with Gasteiger partial charge in [-0.25, -0.2) is 0 Å². The van der Waals surface area contributed by atoms with Crippen molar-refractivity contribution in [2.24, 2.45) is 0 Å². The molecule has 0 rings (SSSR count). The predicted molar refractivity (Wildman–Crippen MR) is 33.5 cm³/mol. The summed E-state index contributed by atoms with van der Waals surface area (Å²) in [6, 6.07) is 0.